The van der Waals surface area contributed by atoms with Crippen molar-refractivity contribution in [3.05, 3.63) is 0 Å². The molecule has 2 N–H and O–H groups in total. The highest BCUT2D eigenvalue weighted by molar-refractivity contribution is 5.78. The van der Waals surface area contributed by atoms with Crippen molar-refractivity contribution in [1.82, 2.24) is 5.32 Å². The number of aliphatic carboxylic acids is 1. The Labute approximate surface area is 123 Å². The lowest BCUT2D eigenvalue weighted by Crippen LogP contribution is -2.49. The van der Waals surface area contributed by atoms with E-state index in [0.29, 0.717) is 32.8 Å². The fourth-order valence-electron chi connectivity index (χ4n) is 1.85. The summed E-state index contributed by atoms with van der Waals surface area (Å²) in [5.74, 6) is -0.793. The fraction of sp³-hybridized carbons (Fsp3) is 0.933. The summed E-state index contributed by atoms with van der Waals surface area (Å²) in [5, 5.41) is 12.2. The predicted molar refractivity (Wildman–Crippen MR) is 80.1 cm³/mol. The molecule has 0 fully saturated rings. The van der Waals surface area contributed by atoms with Crippen LogP contribution in [0.25, 0.3) is 0 Å². The smallest absolute Gasteiger partial charge is 0.323 e. The van der Waals surface area contributed by atoms with E-state index in [-0.39, 0.29) is 5.60 Å². The van der Waals surface area contributed by atoms with Gasteiger partial charge in [-0.15, -0.1) is 0 Å². The standard InChI is InChI=1S/C15H31NO4/c1-6-16-15(5,13(17)18)9-7-8-10-19-11-12-20-14(2,3)4/h16H,6-12H2,1-5H3,(H,17,18). The molecule has 0 spiro atoms. The number of carboxylic acids is 1. The fourth-order valence-corrected chi connectivity index (χ4v) is 1.85. The van der Waals surface area contributed by atoms with Gasteiger partial charge in [0, 0.05) is 6.61 Å². The van der Waals surface area contributed by atoms with Crippen LogP contribution < -0.4 is 5.32 Å². The molecule has 1 atom stereocenters. The van der Waals surface area contributed by atoms with Crippen LogP contribution in [0.2, 0.25) is 0 Å². The van der Waals surface area contributed by atoms with Crippen LogP contribution in [-0.2, 0) is 14.3 Å². The van der Waals surface area contributed by atoms with Crippen molar-refractivity contribution in [2.24, 2.45) is 0 Å². The summed E-state index contributed by atoms with van der Waals surface area (Å²) >= 11 is 0. The van der Waals surface area contributed by atoms with Gasteiger partial charge < -0.3 is 19.9 Å². The predicted octanol–water partition coefficient (Wildman–Crippen LogP) is 2.44. The monoisotopic (exact) mass is 289 g/mol. The Hall–Kier alpha value is -0.650. The molecule has 0 radical (unpaired) electrons. The van der Waals surface area contributed by atoms with Crippen LogP contribution >= 0.6 is 0 Å². The molecule has 0 rings (SSSR count). The van der Waals surface area contributed by atoms with Gasteiger partial charge in [0.2, 0.25) is 0 Å². The van der Waals surface area contributed by atoms with Gasteiger partial charge >= 0.3 is 5.97 Å². The maximum Gasteiger partial charge on any atom is 0.323 e. The van der Waals surface area contributed by atoms with Crippen LogP contribution in [0.15, 0.2) is 0 Å². The van der Waals surface area contributed by atoms with E-state index in [2.05, 4.69) is 5.32 Å². The number of likely N-dealkylation sites (N-methyl/N-ethyl adjacent to an activating group) is 1. The van der Waals surface area contributed by atoms with E-state index in [0.717, 1.165) is 12.8 Å². The number of nitrogens with one attached hydrogen (secondary N) is 1. The SMILES string of the molecule is CCNC(C)(CCCCOCCOC(C)(C)C)C(=O)O. The first kappa shape index (κ1) is 19.4. The van der Waals surface area contributed by atoms with Crippen LogP contribution in [0.4, 0.5) is 0 Å². The zero-order valence-corrected chi connectivity index (χ0v) is 13.6. The van der Waals surface area contributed by atoms with Crippen molar-refractivity contribution in [2.75, 3.05) is 26.4 Å². The number of ether oxygens (including phenoxy) is 2. The number of hydrogen-bond acceptors (Lipinski definition) is 4. The number of hydrogen-bond donors (Lipinski definition) is 2. The second-order valence-electron chi connectivity index (χ2n) is 6.20. The van der Waals surface area contributed by atoms with Gasteiger partial charge in [0.05, 0.1) is 18.8 Å². The molecule has 0 heterocycles. The molecule has 5 heteroatoms. The van der Waals surface area contributed by atoms with E-state index in [1.807, 2.05) is 27.7 Å². The minimum Gasteiger partial charge on any atom is -0.480 e. The maximum atomic E-state index is 11.2. The summed E-state index contributed by atoms with van der Waals surface area (Å²) in [4.78, 5) is 11.2. The Bertz CT molecular complexity index is 276. The second kappa shape index (κ2) is 9.32. The van der Waals surface area contributed by atoms with Gasteiger partial charge in [0.1, 0.15) is 5.54 Å². The maximum absolute atomic E-state index is 11.2. The lowest BCUT2D eigenvalue weighted by Gasteiger charge is -2.25. The Morgan fingerprint density at radius 3 is 2.25 bits per heavy atom. The molecule has 20 heavy (non-hydrogen) atoms. The van der Waals surface area contributed by atoms with Crippen LogP contribution in [0.3, 0.4) is 0 Å². The van der Waals surface area contributed by atoms with Gasteiger partial charge in [-0.05, 0) is 53.5 Å². The van der Waals surface area contributed by atoms with Crippen LogP contribution in [0, 0.1) is 0 Å². The average Bonchev–Trinajstić information content (AvgIpc) is 2.31. The summed E-state index contributed by atoms with van der Waals surface area (Å²) in [6.45, 7) is 12.2. The van der Waals surface area contributed by atoms with Crippen molar-refractivity contribution in [3.63, 3.8) is 0 Å². The summed E-state index contributed by atoms with van der Waals surface area (Å²) in [5.41, 5.74) is -0.956. The van der Waals surface area contributed by atoms with E-state index >= 15 is 0 Å². The quantitative estimate of drug-likeness (QED) is 0.572. The molecule has 0 amide bonds. The van der Waals surface area contributed by atoms with E-state index in [1.165, 1.54) is 0 Å². The number of unbranched alkanes of at least 4 members (excludes halogenated alkanes) is 1. The number of carbonyl (C=O) groups is 1. The highest BCUT2D eigenvalue weighted by Crippen LogP contribution is 2.14. The molecule has 0 saturated heterocycles. The van der Waals surface area contributed by atoms with Gasteiger partial charge in [0.15, 0.2) is 0 Å². The average molecular weight is 289 g/mol. The summed E-state index contributed by atoms with van der Waals surface area (Å²) < 4.78 is 11.0. The molecule has 120 valence electrons. The third-order valence-electron chi connectivity index (χ3n) is 3.02. The van der Waals surface area contributed by atoms with Crippen molar-refractivity contribution in [2.45, 2.75) is 65.0 Å². The van der Waals surface area contributed by atoms with Crippen LogP contribution in [0.1, 0.15) is 53.9 Å². The number of rotatable bonds is 11. The van der Waals surface area contributed by atoms with Crippen LogP contribution in [-0.4, -0.2) is 48.6 Å². The van der Waals surface area contributed by atoms with E-state index in [4.69, 9.17) is 9.47 Å². The molecule has 0 saturated carbocycles. The van der Waals surface area contributed by atoms with Gasteiger partial charge in [0.25, 0.3) is 0 Å². The summed E-state index contributed by atoms with van der Waals surface area (Å²) in [7, 11) is 0. The van der Waals surface area contributed by atoms with Crippen molar-refractivity contribution in [3.8, 4) is 0 Å². The molecule has 0 aliphatic heterocycles. The normalized spacial score (nSPS) is 15.1. The van der Waals surface area contributed by atoms with Gasteiger partial charge in [-0.3, -0.25) is 4.79 Å². The molecule has 1 unspecified atom stereocenters. The van der Waals surface area contributed by atoms with E-state index < -0.39 is 11.5 Å². The third kappa shape index (κ3) is 9.28. The summed E-state index contributed by atoms with van der Waals surface area (Å²) in [6, 6.07) is 0. The lowest BCUT2D eigenvalue weighted by atomic mass is 9.95. The molecule has 0 aliphatic carbocycles. The first-order valence-corrected chi connectivity index (χ1v) is 7.41. The van der Waals surface area contributed by atoms with Gasteiger partial charge in [-0.25, -0.2) is 0 Å². The number of carboxylic acid groups (broad SMARTS) is 1. The van der Waals surface area contributed by atoms with Gasteiger partial charge in [-0.2, -0.15) is 0 Å². The minimum absolute atomic E-state index is 0.127. The van der Waals surface area contributed by atoms with Crippen molar-refractivity contribution >= 4 is 5.97 Å². The van der Waals surface area contributed by atoms with Gasteiger partial charge in [-0.1, -0.05) is 6.92 Å². The Kier molecular flexibility index (Phi) is 9.01. The van der Waals surface area contributed by atoms with Crippen LogP contribution in [0.5, 0.6) is 0 Å². The molecule has 0 aromatic heterocycles. The first-order chi connectivity index (χ1) is 9.21. The van der Waals surface area contributed by atoms with E-state index in [1.54, 1.807) is 6.92 Å². The van der Waals surface area contributed by atoms with Crippen molar-refractivity contribution < 1.29 is 19.4 Å². The lowest BCUT2D eigenvalue weighted by molar-refractivity contribution is -0.144. The molecular weight excluding hydrogens is 258 g/mol. The minimum atomic E-state index is -0.829. The van der Waals surface area contributed by atoms with Crippen molar-refractivity contribution in [1.29, 1.82) is 0 Å². The largest absolute Gasteiger partial charge is 0.480 e. The molecule has 0 aromatic carbocycles. The second-order valence-corrected chi connectivity index (χ2v) is 6.20. The third-order valence-corrected chi connectivity index (χ3v) is 3.02. The molecular formula is C15H31NO4. The molecule has 0 bridgehead atoms. The highest BCUT2D eigenvalue weighted by Gasteiger charge is 2.30. The molecule has 5 nitrogen and oxygen atoms in total. The Balaban J connectivity index is 3.63. The highest BCUT2D eigenvalue weighted by atomic mass is 16.5. The topological polar surface area (TPSA) is 67.8 Å². The Morgan fingerprint density at radius 2 is 1.75 bits per heavy atom. The summed E-state index contributed by atoms with van der Waals surface area (Å²) in [6.07, 6.45) is 2.30. The Morgan fingerprint density at radius 1 is 1.10 bits per heavy atom. The van der Waals surface area contributed by atoms with E-state index in [9.17, 15) is 9.90 Å². The zero-order chi connectivity index (χ0) is 15.6. The first-order valence-electron chi connectivity index (χ1n) is 7.41. The molecule has 0 aromatic rings. The zero-order valence-electron chi connectivity index (χ0n) is 13.6. The molecule has 0 aliphatic rings.